The summed E-state index contributed by atoms with van der Waals surface area (Å²) in [6.45, 7) is 8.70. The molecule has 0 bridgehead atoms. The van der Waals surface area contributed by atoms with Crippen molar-refractivity contribution in [1.29, 1.82) is 0 Å². The molecule has 0 aliphatic rings. The lowest BCUT2D eigenvalue weighted by molar-refractivity contribution is 0.516. The second kappa shape index (κ2) is 4.22. The maximum Gasteiger partial charge on any atom is 0.00277 e. The van der Waals surface area contributed by atoms with Crippen molar-refractivity contribution in [2.45, 2.75) is 27.7 Å². The van der Waals surface area contributed by atoms with Crippen LogP contribution in [0.4, 0.5) is 0 Å². The Morgan fingerprint density at radius 3 is 2.09 bits per heavy atom. The molecule has 0 amide bonds. The van der Waals surface area contributed by atoms with E-state index in [1.807, 2.05) is 13.2 Å². The lowest BCUT2D eigenvalue weighted by Gasteiger charge is -2.19. The second-order valence-electron chi connectivity index (χ2n) is 3.62. The monoisotopic (exact) mass is 153 g/mol. The average molecular weight is 153 g/mol. The Hall–Kier alpha value is -0.720. The third kappa shape index (κ3) is 3.87. The van der Waals surface area contributed by atoms with Crippen LogP contribution in [0.2, 0.25) is 0 Å². The van der Waals surface area contributed by atoms with E-state index in [9.17, 15) is 0 Å². The van der Waals surface area contributed by atoms with Crippen molar-refractivity contribution >= 4 is 0 Å². The van der Waals surface area contributed by atoms with Gasteiger partial charge in [0.1, 0.15) is 0 Å². The van der Waals surface area contributed by atoms with E-state index in [1.54, 1.807) is 0 Å². The molecule has 1 N–H and O–H groups in total. The standard InChI is InChI=1S/C10H19N/c1-6-9(7-8-11-5)10(2,3)4/h6-8,11H,1-5H3/b8-7-,9-6+. The molecule has 0 spiro atoms. The first kappa shape index (κ1) is 10.3. The number of nitrogens with one attached hydrogen (secondary N) is 1. The maximum absolute atomic E-state index is 2.98. The summed E-state index contributed by atoms with van der Waals surface area (Å²) in [5, 5.41) is 2.98. The Bertz CT molecular complexity index is 158. The number of rotatable bonds is 2. The molecule has 1 nitrogen and oxygen atoms in total. The minimum atomic E-state index is 0.252. The Kier molecular flexibility index (Phi) is 3.94. The lowest BCUT2D eigenvalue weighted by Crippen LogP contribution is -2.08. The molecule has 0 saturated carbocycles. The van der Waals surface area contributed by atoms with Crippen LogP contribution < -0.4 is 5.32 Å². The molecular formula is C10H19N. The van der Waals surface area contributed by atoms with Crippen molar-refractivity contribution in [3.05, 3.63) is 23.9 Å². The zero-order valence-electron chi connectivity index (χ0n) is 8.23. The van der Waals surface area contributed by atoms with E-state index in [-0.39, 0.29) is 5.41 Å². The summed E-state index contributed by atoms with van der Waals surface area (Å²) in [6, 6.07) is 0. The highest BCUT2D eigenvalue weighted by molar-refractivity contribution is 5.23. The zero-order valence-corrected chi connectivity index (χ0v) is 8.23. The molecule has 0 aromatic carbocycles. The van der Waals surface area contributed by atoms with Gasteiger partial charge >= 0.3 is 0 Å². The van der Waals surface area contributed by atoms with Gasteiger partial charge < -0.3 is 5.32 Å². The van der Waals surface area contributed by atoms with Crippen LogP contribution in [0.5, 0.6) is 0 Å². The van der Waals surface area contributed by atoms with Crippen molar-refractivity contribution in [1.82, 2.24) is 5.32 Å². The highest BCUT2D eigenvalue weighted by Gasteiger charge is 2.12. The van der Waals surface area contributed by atoms with E-state index < -0.39 is 0 Å². The second-order valence-corrected chi connectivity index (χ2v) is 3.62. The SMILES string of the molecule is C/C=C(\C=C/NC)C(C)(C)C. The number of allylic oxidation sites excluding steroid dienone is 3. The molecule has 0 rings (SSSR count). The summed E-state index contributed by atoms with van der Waals surface area (Å²) >= 11 is 0. The predicted octanol–water partition coefficient (Wildman–Crippen LogP) is 2.71. The first-order chi connectivity index (χ1) is 5.02. The Morgan fingerprint density at radius 2 is 1.82 bits per heavy atom. The summed E-state index contributed by atoms with van der Waals surface area (Å²) in [7, 11) is 1.91. The van der Waals surface area contributed by atoms with Gasteiger partial charge in [0.25, 0.3) is 0 Å². The van der Waals surface area contributed by atoms with Gasteiger partial charge in [-0.25, -0.2) is 0 Å². The third-order valence-corrected chi connectivity index (χ3v) is 1.61. The number of hydrogen-bond acceptors (Lipinski definition) is 1. The van der Waals surface area contributed by atoms with Crippen LogP contribution in [0.3, 0.4) is 0 Å². The van der Waals surface area contributed by atoms with Crippen LogP contribution in [-0.4, -0.2) is 7.05 Å². The lowest BCUT2D eigenvalue weighted by atomic mass is 9.86. The van der Waals surface area contributed by atoms with Gasteiger partial charge in [0.2, 0.25) is 0 Å². The van der Waals surface area contributed by atoms with Gasteiger partial charge in [-0.3, -0.25) is 0 Å². The van der Waals surface area contributed by atoms with Gasteiger partial charge in [0, 0.05) is 7.05 Å². The van der Waals surface area contributed by atoms with Crippen molar-refractivity contribution in [2.24, 2.45) is 5.41 Å². The van der Waals surface area contributed by atoms with E-state index in [1.165, 1.54) is 5.57 Å². The van der Waals surface area contributed by atoms with Crippen molar-refractivity contribution in [3.63, 3.8) is 0 Å². The molecule has 0 aromatic heterocycles. The fourth-order valence-corrected chi connectivity index (χ4v) is 0.952. The largest absolute Gasteiger partial charge is 0.394 e. The smallest absolute Gasteiger partial charge is 0.00277 e. The Balaban J connectivity index is 4.33. The molecule has 0 aliphatic carbocycles. The molecular weight excluding hydrogens is 134 g/mol. The quantitative estimate of drug-likeness (QED) is 0.601. The van der Waals surface area contributed by atoms with Gasteiger partial charge in [0.15, 0.2) is 0 Å². The third-order valence-electron chi connectivity index (χ3n) is 1.61. The van der Waals surface area contributed by atoms with E-state index in [2.05, 4.69) is 45.2 Å². The van der Waals surface area contributed by atoms with Gasteiger partial charge in [0.05, 0.1) is 0 Å². The molecule has 0 radical (unpaired) electrons. The molecule has 0 aliphatic heterocycles. The molecule has 0 heterocycles. The summed E-state index contributed by atoms with van der Waals surface area (Å²) in [5.74, 6) is 0. The zero-order chi connectivity index (χ0) is 8.91. The van der Waals surface area contributed by atoms with Crippen molar-refractivity contribution < 1.29 is 0 Å². The molecule has 0 saturated heterocycles. The highest BCUT2D eigenvalue weighted by atomic mass is 14.8. The fourth-order valence-electron chi connectivity index (χ4n) is 0.952. The first-order valence-corrected chi connectivity index (χ1v) is 4.03. The summed E-state index contributed by atoms with van der Waals surface area (Å²) in [5.41, 5.74) is 1.61. The topological polar surface area (TPSA) is 12.0 Å². The Morgan fingerprint density at radius 1 is 1.27 bits per heavy atom. The maximum atomic E-state index is 2.98. The fraction of sp³-hybridized carbons (Fsp3) is 0.600. The van der Waals surface area contributed by atoms with Crippen molar-refractivity contribution in [2.75, 3.05) is 7.05 Å². The van der Waals surface area contributed by atoms with E-state index in [0.717, 1.165) is 0 Å². The summed E-state index contributed by atoms with van der Waals surface area (Å²) in [6.07, 6.45) is 6.22. The van der Waals surface area contributed by atoms with Crippen LogP contribution in [0.15, 0.2) is 23.9 Å². The van der Waals surface area contributed by atoms with E-state index >= 15 is 0 Å². The minimum Gasteiger partial charge on any atom is -0.394 e. The van der Waals surface area contributed by atoms with Crippen LogP contribution in [0, 0.1) is 5.41 Å². The first-order valence-electron chi connectivity index (χ1n) is 4.03. The Labute approximate surface area is 70.2 Å². The average Bonchev–Trinajstić information content (AvgIpc) is 1.87. The molecule has 0 atom stereocenters. The molecule has 64 valence electrons. The normalized spacial score (nSPS) is 14.1. The van der Waals surface area contributed by atoms with Crippen molar-refractivity contribution in [3.8, 4) is 0 Å². The molecule has 0 unspecified atom stereocenters. The number of hydrogen-bond donors (Lipinski definition) is 1. The van der Waals surface area contributed by atoms with Crippen LogP contribution in [0.25, 0.3) is 0 Å². The van der Waals surface area contributed by atoms with Gasteiger partial charge in [-0.05, 0) is 30.2 Å². The highest BCUT2D eigenvalue weighted by Crippen LogP contribution is 2.25. The predicted molar refractivity (Wildman–Crippen MR) is 51.4 cm³/mol. The minimum absolute atomic E-state index is 0.252. The van der Waals surface area contributed by atoms with Crippen LogP contribution in [0.1, 0.15) is 27.7 Å². The molecule has 0 aromatic rings. The van der Waals surface area contributed by atoms with Crippen LogP contribution >= 0.6 is 0 Å². The molecule has 1 heteroatoms. The van der Waals surface area contributed by atoms with E-state index in [4.69, 9.17) is 0 Å². The van der Waals surface area contributed by atoms with Crippen LogP contribution in [-0.2, 0) is 0 Å². The van der Waals surface area contributed by atoms with Gasteiger partial charge in [-0.1, -0.05) is 26.8 Å². The van der Waals surface area contributed by atoms with Gasteiger partial charge in [-0.2, -0.15) is 0 Å². The summed E-state index contributed by atoms with van der Waals surface area (Å²) < 4.78 is 0. The molecule has 0 fully saturated rings. The summed E-state index contributed by atoms with van der Waals surface area (Å²) in [4.78, 5) is 0. The van der Waals surface area contributed by atoms with Gasteiger partial charge in [-0.15, -0.1) is 0 Å². The van der Waals surface area contributed by atoms with E-state index in [0.29, 0.717) is 0 Å². The molecule has 11 heavy (non-hydrogen) atoms.